The van der Waals surface area contributed by atoms with E-state index in [2.05, 4.69) is 50.8 Å². The first-order valence-corrected chi connectivity index (χ1v) is 14.7. The number of benzene rings is 3. The number of aromatic nitrogens is 2. The number of methoxy groups -OCH3 is 1. The Morgan fingerprint density at radius 1 is 1.10 bits per heavy atom. The molecule has 0 unspecified atom stereocenters. The van der Waals surface area contributed by atoms with Crippen molar-refractivity contribution in [3.63, 3.8) is 0 Å². The molecule has 0 radical (unpaired) electrons. The van der Waals surface area contributed by atoms with Crippen LogP contribution in [0.15, 0.2) is 67.4 Å². The van der Waals surface area contributed by atoms with E-state index in [1.807, 2.05) is 31.2 Å². The first-order chi connectivity index (χ1) is 19.5. The van der Waals surface area contributed by atoms with Gasteiger partial charge < -0.3 is 14.2 Å². The zero-order valence-electron chi connectivity index (χ0n) is 23.7. The minimum Gasteiger partial charge on any atom is -0.496 e. The molecule has 1 aromatic heterocycles. The quantitative estimate of drug-likeness (QED) is 0.136. The van der Waals surface area contributed by atoms with E-state index < -0.39 is 12.1 Å². The molecule has 0 saturated heterocycles. The SMILES string of the molecule is CCOC(=O)[C@H](C)Oc1c(Br)cc(C=Nn2c(-c3cc(C(C)C)c(OC)cc3C)nc3ccccc3c2=O)cc1Br. The number of rotatable bonds is 9. The minimum atomic E-state index is -0.796. The van der Waals surface area contributed by atoms with E-state index in [1.54, 1.807) is 51.4 Å². The van der Waals surface area contributed by atoms with E-state index in [0.717, 1.165) is 22.4 Å². The third kappa shape index (κ3) is 6.54. The van der Waals surface area contributed by atoms with Crippen LogP contribution in [0, 0.1) is 6.92 Å². The van der Waals surface area contributed by atoms with Crippen molar-refractivity contribution in [2.45, 2.75) is 46.6 Å². The van der Waals surface area contributed by atoms with E-state index in [1.165, 1.54) is 4.68 Å². The second-order valence-corrected chi connectivity index (χ2v) is 11.4. The minimum absolute atomic E-state index is 0.190. The number of carbonyl (C=O) groups excluding carboxylic acids is 1. The maximum atomic E-state index is 13.7. The van der Waals surface area contributed by atoms with Crippen molar-refractivity contribution in [2.75, 3.05) is 13.7 Å². The first kappa shape index (κ1) is 30.5. The largest absolute Gasteiger partial charge is 0.496 e. The Bertz CT molecular complexity index is 1670. The maximum absolute atomic E-state index is 13.7. The summed E-state index contributed by atoms with van der Waals surface area (Å²) in [5.41, 5.74) is 3.67. The van der Waals surface area contributed by atoms with E-state index in [0.29, 0.717) is 37.0 Å². The monoisotopic (exact) mass is 683 g/mol. The standard InChI is InChI=1S/C31H31Br2N3O5/c1-7-40-31(38)19(5)41-28-24(32)13-20(14-25(28)33)16-34-36-29(35-26-11-9-8-10-21(26)30(36)37)23-15-22(17(2)3)27(39-6)12-18(23)4/h8-17,19H,7H2,1-6H3/t19-/m0/s1. The van der Waals surface area contributed by atoms with Crippen LogP contribution in [0.2, 0.25) is 0 Å². The molecule has 0 aliphatic rings. The van der Waals surface area contributed by atoms with Gasteiger partial charge in [0.2, 0.25) is 0 Å². The first-order valence-electron chi connectivity index (χ1n) is 13.1. The van der Waals surface area contributed by atoms with E-state index in [-0.39, 0.29) is 18.1 Å². The summed E-state index contributed by atoms with van der Waals surface area (Å²) in [4.78, 5) is 30.6. The molecule has 41 heavy (non-hydrogen) atoms. The van der Waals surface area contributed by atoms with Crippen LogP contribution in [-0.2, 0) is 9.53 Å². The molecule has 0 N–H and O–H groups in total. The van der Waals surface area contributed by atoms with Gasteiger partial charge in [0.1, 0.15) is 11.5 Å². The number of nitrogens with zero attached hydrogens (tertiary/aromatic N) is 3. The summed E-state index contributed by atoms with van der Waals surface area (Å²) in [6.45, 7) is 9.77. The molecule has 10 heteroatoms. The fraction of sp³-hybridized carbons (Fsp3) is 0.290. The number of hydrogen-bond donors (Lipinski definition) is 0. The summed E-state index contributed by atoms with van der Waals surface area (Å²) in [7, 11) is 1.65. The summed E-state index contributed by atoms with van der Waals surface area (Å²) >= 11 is 7.04. The third-order valence-electron chi connectivity index (χ3n) is 6.45. The normalized spacial score (nSPS) is 12.2. The highest BCUT2D eigenvalue weighted by molar-refractivity contribution is 9.11. The van der Waals surface area contributed by atoms with Gasteiger partial charge in [0.25, 0.3) is 5.56 Å². The van der Waals surface area contributed by atoms with Crippen molar-refractivity contribution in [1.29, 1.82) is 0 Å². The van der Waals surface area contributed by atoms with Gasteiger partial charge in [0.05, 0.1) is 39.8 Å². The smallest absolute Gasteiger partial charge is 0.347 e. The van der Waals surface area contributed by atoms with Crippen LogP contribution in [0.3, 0.4) is 0 Å². The number of hydrogen-bond acceptors (Lipinski definition) is 7. The Kier molecular flexibility index (Phi) is 9.65. The van der Waals surface area contributed by atoms with Crippen molar-refractivity contribution >= 4 is 54.9 Å². The molecule has 0 bridgehead atoms. The zero-order chi connectivity index (χ0) is 29.8. The van der Waals surface area contributed by atoms with Crippen LogP contribution in [0.5, 0.6) is 11.5 Å². The lowest BCUT2D eigenvalue weighted by Crippen LogP contribution is -2.26. The molecule has 1 heterocycles. The summed E-state index contributed by atoms with van der Waals surface area (Å²) in [5, 5.41) is 5.08. The van der Waals surface area contributed by atoms with Gasteiger partial charge in [0.15, 0.2) is 11.9 Å². The highest BCUT2D eigenvalue weighted by Gasteiger charge is 2.20. The third-order valence-corrected chi connectivity index (χ3v) is 7.63. The molecule has 4 aromatic rings. The van der Waals surface area contributed by atoms with Crippen LogP contribution < -0.4 is 15.0 Å². The summed E-state index contributed by atoms with van der Waals surface area (Å²) in [5.74, 6) is 1.39. The molecule has 0 aliphatic carbocycles. The van der Waals surface area contributed by atoms with Gasteiger partial charge in [0, 0.05) is 5.56 Å². The molecule has 8 nitrogen and oxygen atoms in total. The lowest BCUT2D eigenvalue weighted by atomic mass is 9.96. The van der Waals surface area contributed by atoms with Crippen LogP contribution in [0.1, 0.15) is 50.3 Å². The Morgan fingerprint density at radius 3 is 2.41 bits per heavy atom. The number of ether oxygens (including phenoxy) is 3. The van der Waals surface area contributed by atoms with Crippen LogP contribution in [0.25, 0.3) is 22.3 Å². The summed E-state index contributed by atoms with van der Waals surface area (Å²) in [6, 6.07) is 14.8. The Labute approximate surface area is 255 Å². The summed E-state index contributed by atoms with van der Waals surface area (Å²) < 4.78 is 19.0. The highest BCUT2D eigenvalue weighted by atomic mass is 79.9. The lowest BCUT2D eigenvalue weighted by molar-refractivity contribution is -0.150. The van der Waals surface area contributed by atoms with Crippen LogP contribution in [-0.4, -0.2) is 41.7 Å². The maximum Gasteiger partial charge on any atom is 0.347 e. The number of aryl methyl sites for hydroxylation is 1. The number of esters is 1. The van der Waals surface area contributed by atoms with Gasteiger partial charge in [-0.1, -0.05) is 26.0 Å². The number of halogens is 2. The molecule has 4 rings (SSSR count). The van der Waals surface area contributed by atoms with Crippen molar-refractivity contribution in [2.24, 2.45) is 5.10 Å². The fourth-order valence-electron chi connectivity index (χ4n) is 4.35. The lowest BCUT2D eigenvalue weighted by Gasteiger charge is -2.17. The van der Waals surface area contributed by atoms with Gasteiger partial charge in [-0.15, -0.1) is 0 Å². The van der Waals surface area contributed by atoms with Crippen molar-refractivity contribution in [3.05, 3.63) is 84.5 Å². The van der Waals surface area contributed by atoms with Crippen molar-refractivity contribution in [3.8, 4) is 22.9 Å². The van der Waals surface area contributed by atoms with Gasteiger partial charge in [-0.3, -0.25) is 4.79 Å². The van der Waals surface area contributed by atoms with E-state index >= 15 is 0 Å². The van der Waals surface area contributed by atoms with Gasteiger partial charge in [-0.25, -0.2) is 9.78 Å². The molecule has 0 amide bonds. The predicted molar refractivity (Wildman–Crippen MR) is 168 cm³/mol. The molecule has 0 saturated carbocycles. The Morgan fingerprint density at radius 2 is 1.78 bits per heavy atom. The molecule has 0 fully saturated rings. The van der Waals surface area contributed by atoms with Gasteiger partial charge in [-0.2, -0.15) is 9.78 Å². The van der Waals surface area contributed by atoms with Crippen molar-refractivity contribution < 1.29 is 19.0 Å². The molecular formula is C31H31Br2N3O5. The average molecular weight is 685 g/mol. The van der Waals surface area contributed by atoms with Gasteiger partial charge >= 0.3 is 5.97 Å². The summed E-state index contributed by atoms with van der Waals surface area (Å²) in [6.07, 6.45) is 0.785. The second-order valence-electron chi connectivity index (χ2n) is 9.70. The Hall–Kier alpha value is -3.50. The zero-order valence-corrected chi connectivity index (χ0v) is 26.9. The molecule has 3 aromatic carbocycles. The van der Waals surface area contributed by atoms with Crippen LogP contribution in [0.4, 0.5) is 0 Å². The fourth-order valence-corrected chi connectivity index (χ4v) is 5.76. The van der Waals surface area contributed by atoms with Crippen molar-refractivity contribution in [1.82, 2.24) is 9.66 Å². The van der Waals surface area contributed by atoms with Gasteiger partial charge in [-0.05, 0) is 112 Å². The average Bonchev–Trinajstić information content (AvgIpc) is 2.94. The predicted octanol–water partition coefficient (Wildman–Crippen LogP) is 7.24. The number of para-hydroxylation sites is 1. The van der Waals surface area contributed by atoms with E-state index in [9.17, 15) is 9.59 Å². The molecule has 1 atom stereocenters. The molecule has 214 valence electrons. The number of carbonyl (C=O) groups is 1. The topological polar surface area (TPSA) is 92.0 Å². The Balaban J connectivity index is 1.83. The number of fused-ring (bicyclic) bond motifs is 1. The van der Waals surface area contributed by atoms with Crippen LogP contribution >= 0.6 is 31.9 Å². The molecule has 0 aliphatic heterocycles. The molecular weight excluding hydrogens is 654 g/mol. The second kappa shape index (κ2) is 13.0. The van der Waals surface area contributed by atoms with E-state index in [4.69, 9.17) is 19.2 Å². The molecule has 0 spiro atoms. The highest BCUT2D eigenvalue weighted by Crippen LogP contribution is 2.36.